The number of rotatable bonds is 2. The molecule has 76 valence electrons. The molecule has 0 spiro atoms. The zero-order valence-electron chi connectivity index (χ0n) is 8.54. The molecule has 0 unspecified atom stereocenters. The van der Waals surface area contributed by atoms with Crippen molar-refractivity contribution >= 4 is 11.4 Å². The van der Waals surface area contributed by atoms with Gasteiger partial charge < -0.3 is 0 Å². The largest absolute Gasteiger partial charge is 0.192 e. The van der Waals surface area contributed by atoms with Gasteiger partial charge in [-0.3, -0.25) is 0 Å². The summed E-state index contributed by atoms with van der Waals surface area (Å²) in [7, 11) is 0. The fourth-order valence-electron chi connectivity index (χ4n) is 1.21. The highest BCUT2D eigenvalue weighted by molar-refractivity contribution is 5.43. The van der Waals surface area contributed by atoms with E-state index in [0.29, 0.717) is 5.56 Å². The fourth-order valence-corrected chi connectivity index (χ4v) is 1.21. The van der Waals surface area contributed by atoms with Crippen LogP contribution in [0.4, 0.5) is 11.4 Å². The number of azo groups is 1. The van der Waals surface area contributed by atoms with Gasteiger partial charge in [0.1, 0.15) is 0 Å². The molecule has 2 aromatic rings. The molecule has 0 saturated carbocycles. The highest BCUT2D eigenvalue weighted by Crippen LogP contribution is 2.17. The molecule has 0 aliphatic carbocycles. The van der Waals surface area contributed by atoms with Crippen molar-refractivity contribution in [3.8, 4) is 6.07 Å². The van der Waals surface area contributed by atoms with E-state index in [2.05, 4.69) is 16.3 Å². The van der Waals surface area contributed by atoms with Gasteiger partial charge in [-0.1, -0.05) is 18.2 Å². The summed E-state index contributed by atoms with van der Waals surface area (Å²) in [6.45, 7) is 0. The first kappa shape index (κ1) is 10.1. The molecule has 0 aliphatic rings. The molecule has 0 heterocycles. The van der Waals surface area contributed by atoms with Gasteiger partial charge >= 0.3 is 0 Å². The highest BCUT2D eigenvalue weighted by atomic mass is 15.1. The van der Waals surface area contributed by atoms with E-state index >= 15 is 0 Å². The van der Waals surface area contributed by atoms with E-state index in [4.69, 9.17) is 5.26 Å². The summed E-state index contributed by atoms with van der Waals surface area (Å²) >= 11 is 0. The van der Waals surface area contributed by atoms with Crippen LogP contribution in [0.15, 0.2) is 64.8 Å². The van der Waals surface area contributed by atoms with Gasteiger partial charge in [0.2, 0.25) is 0 Å². The van der Waals surface area contributed by atoms with Crippen molar-refractivity contribution in [2.45, 2.75) is 0 Å². The Morgan fingerprint density at radius 1 is 0.750 bits per heavy atom. The molecule has 2 aromatic carbocycles. The lowest BCUT2D eigenvalue weighted by Gasteiger charge is -1.92. The minimum Gasteiger partial charge on any atom is -0.192 e. The van der Waals surface area contributed by atoms with E-state index in [1.807, 2.05) is 30.3 Å². The lowest BCUT2D eigenvalue weighted by atomic mass is 10.2. The first-order valence-corrected chi connectivity index (χ1v) is 4.85. The number of benzene rings is 2. The van der Waals surface area contributed by atoms with Crippen molar-refractivity contribution in [1.29, 1.82) is 5.26 Å². The second-order valence-electron chi connectivity index (χ2n) is 3.19. The Morgan fingerprint density at radius 2 is 1.31 bits per heavy atom. The second kappa shape index (κ2) is 4.85. The van der Waals surface area contributed by atoms with Gasteiger partial charge in [0.15, 0.2) is 0 Å². The summed E-state index contributed by atoms with van der Waals surface area (Å²) in [5, 5.41) is 16.8. The Bertz CT molecular complexity index is 521. The van der Waals surface area contributed by atoms with E-state index in [9.17, 15) is 0 Å². The third kappa shape index (κ3) is 2.52. The molecule has 0 bridgehead atoms. The zero-order valence-corrected chi connectivity index (χ0v) is 8.54. The Morgan fingerprint density at radius 3 is 1.88 bits per heavy atom. The maximum absolute atomic E-state index is 8.63. The van der Waals surface area contributed by atoms with Crippen LogP contribution in [0, 0.1) is 11.3 Å². The van der Waals surface area contributed by atoms with E-state index in [1.54, 1.807) is 24.3 Å². The third-order valence-corrected chi connectivity index (χ3v) is 2.03. The van der Waals surface area contributed by atoms with E-state index < -0.39 is 0 Å². The van der Waals surface area contributed by atoms with E-state index in [1.165, 1.54) is 0 Å². The summed E-state index contributed by atoms with van der Waals surface area (Å²) < 4.78 is 0. The van der Waals surface area contributed by atoms with Gasteiger partial charge in [-0.15, -0.1) is 0 Å². The van der Waals surface area contributed by atoms with Crippen molar-refractivity contribution in [3.63, 3.8) is 0 Å². The average molecular weight is 207 g/mol. The van der Waals surface area contributed by atoms with Crippen molar-refractivity contribution in [3.05, 3.63) is 60.2 Å². The highest BCUT2D eigenvalue weighted by Gasteiger charge is 1.91. The van der Waals surface area contributed by atoms with Crippen LogP contribution in [-0.4, -0.2) is 0 Å². The normalized spacial score (nSPS) is 10.2. The Balaban J connectivity index is 2.15. The summed E-state index contributed by atoms with van der Waals surface area (Å²) in [6.07, 6.45) is 0. The van der Waals surface area contributed by atoms with Crippen LogP contribution in [0.3, 0.4) is 0 Å². The van der Waals surface area contributed by atoms with Gasteiger partial charge in [-0.05, 0) is 36.4 Å². The van der Waals surface area contributed by atoms with Gasteiger partial charge in [0.25, 0.3) is 0 Å². The minimum absolute atomic E-state index is 0.624. The van der Waals surface area contributed by atoms with Crippen molar-refractivity contribution < 1.29 is 0 Å². The molecule has 3 heteroatoms. The van der Waals surface area contributed by atoms with Gasteiger partial charge in [-0.2, -0.15) is 15.5 Å². The molecular weight excluding hydrogens is 198 g/mol. The van der Waals surface area contributed by atoms with Crippen LogP contribution in [0.5, 0.6) is 0 Å². The van der Waals surface area contributed by atoms with Crippen LogP contribution in [0.2, 0.25) is 0 Å². The number of nitriles is 1. The fraction of sp³-hybridized carbons (Fsp3) is 0. The molecule has 0 aromatic heterocycles. The van der Waals surface area contributed by atoms with Gasteiger partial charge in [0.05, 0.1) is 23.0 Å². The Labute approximate surface area is 93.7 Å². The maximum Gasteiger partial charge on any atom is 0.0991 e. The Kier molecular flexibility index (Phi) is 3.05. The Hall–Kier alpha value is -2.47. The summed E-state index contributed by atoms with van der Waals surface area (Å²) in [6, 6.07) is 18.6. The standard InChI is InChI=1S/C13H9N3/c14-10-11-6-8-13(9-7-11)16-15-12-4-2-1-3-5-12/h1-9H. The molecule has 16 heavy (non-hydrogen) atoms. The minimum atomic E-state index is 0.624. The third-order valence-electron chi connectivity index (χ3n) is 2.03. The smallest absolute Gasteiger partial charge is 0.0991 e. The first-order chi connectivity index (χ1) is 7.88. The van der Waals surface area contributed by atoms with Crippen LogP contribution in [0.1, 0.15) is 5.56 Å². The molecule has 0 N–H and O–H groups in total. The van der Waals surface area contributed by atoms with Crippen LogP contribution >= 0.6 is 0 Å². The van der Waals surface area contributed by atoms with E-state index in [-0.39, 0.29) is 0 Å². The maximum atomic E-state index is 8.63. The molecule has 0 aliphatic heterocycles. The molecule has 0 atom stereocenters. The van der Waals surface area contributed by atoms with E-state index in [0.717, 1.165) is 11.4 Å². The topological polar surface area (TPSA) is 48.5 Å². The van der Waals surface area contributed by atoms with Crippen LogP contribution in [-0.2, 0) is 0 Å². The summed E-state index contributed by atoms with van der Waals surface area (Å²) in [4.78, 5) is 0. The molecule has 2 rings (SSSR count). The average Bonchev–Trinajstić information content (AvgIpc) is 2.38. The van der Waals surface area contributed by atoms with Crippen molar-refractivity contribution in [2.75, 3.05) is 0 Å². The van der Waals surface area contributed by atoms with Gasteiger partial charge in [-0.25, -0.2) is 0 Å². The molecular formula is C13H9N3. The number of hydrogen-bond donors (Lipinski definition) is 0. The molecule has 0 saturated heterocycles. The SMILES string of the molecule is N#Cc1ccc(N=Nc2ccccc2)cc1. The molecule has 0 fully saturated rings. The lowest BCUT2D eigenvalue weighted by molar-refractivity contribution is 1.23. The monoisotopic (exact) mass is 207 g/mol. The second-order valence-corrected chi connectivity index (χ2v) is 3.19. The summed E-state index contributed by atoms with van der Waals surface area (Å²) in [5.41, 5.74) is 2.17. The number of nitrogens with zero attached hydrogens (tertiary/aromatic N) is 3. The molecule has 3 nitrogen and oxygen atoms in total. The molecule has 0 radical (unpaired) electrons. The lowest BCUT2D eigenvalue weighted by Crippen LogP contribution is -1.70. The van der Waals surface area contributed by atoms with Crippen LogP contribution < -0.4 is 0 Å². The van der Waals surface area contributed by atoms with Crippen LogP contribution in [0.25, 0.3) is 0 Å². The number of hydrogen-bond acceptors (Lipinski definition) is 3. The molecule has 0 amide bonds. The summed E-state index contributed by atoms with van der Waals surface area (Å²) in [5.74, 6) is 0. The predicted octanol–water partition coefficient (Wildman–Crippen LogP) is 3.97. The van der Waals surface area contributed by atoms with Crippen molar-refractivity contribution in [1.82, 2.24) is 0 Å². The zero-order chi connectivity index (χ0) is 11.2. The van der Waals surface area contributed by atoms with Gasteiger partial charge in [0, 0.05) is 0 Å². The van der Waals surface area contributed by atoms with Crippen molar-refractivity contribution in [2.24, 2.45) is 10.2 Å². The quantitative estimate of drug-likeness (QED) is 0.687. The first-order valence-electron chi connectivity index (χ1n) is 4.85. The predicted molar refractivity (Wildman–Crippen MR) is 61.8 cm³/mol.